The number of nitrogens with one attached hydrogen (secondary N) is 4. The second kappa shape index (κ2) is 8.95. The molecule has 1 amide bonds. The molecule has 4 N–H and O–H groups in total. The Kier molecular flexibility index (Phi) is 6.40. The molecular weight excluding hydrogens is 396 g/mol. The fourth-order valence-corrected chi connectivity index (χ4v) is 3.03. The van der Waals surface area contributed by atoms with Crippen molar-refractivity contribution in [1.29, 1.82) is 0 Å². The van der Waals surface area contributed by atoms with Crippen molar-refractivity contribution in [2.75, 3.05) is 29.0 Å². The largest absolute Gasteiger partial charge is 0.369 e. The maximum Gasteiger partial charge on any atom is 0.241 e. The van der Waals surface area contributed by atoms with Crippen LogP contribution in [0.2, 0.25) is 0 Å². The van der Waals surface area contributed by atoms with Crippen molar-refractivity contribution in [2.45, 2.75) is 25.3 Å². The fraction of sp³-hybridized carbons (Fsp3) is 0.333. The molecule has 1 aliphatic rings. The number of rotatable bonds is 7. The van der Waals surface area contributed by atoms with E-state index in [9.17, 15) is 4.79 Å². The zero-order chi connectivity index (χ0) is 18.4. The number of aromatic nitrogens is 2. The molecule has 0 aliphatic carbocycles. The first-order valence-corrected chi connectivity index (χ1v) is 9.42. The van der Waals surface area contributed by atoms with Gasteiger partial charge in [-0.15, -0.1) is 0 Å². The zero-order valence-corrected chi connectivity index (χ0v) is 16.0. The molecule has 1 aromatic heterocycles. The van der Waals surface area contributed by atoms with E-state index in [1.54, 1.807) is 6.20 Å². The molecule has 7 nitrogen and oxygen atoms in total. The number of nitrogens with zero attached hydrogens (tertiary/aromatic N) is 2. The number of benzene rings is 1. The van der Waals surface area contributed by atoms with Crippen molar-refractivity contribution in [3.05, 3.63) is 41.9 Å². The summed E-state index contributed by atoms with van der Waals surface area (Å²) in [6, 6.07) is 7.39. The van der Waals surface area contributed by atoms with Gasteiger partial charge in [0, 0.05) is 24.1 Å². The van der Waals surface area contributed by atoms with Gasteiger partial charge in [0.05, 0.1) is 10.5 Å². The Morgan fingerprint density at radius 3 is 3.00 bits per heavy atom. The van der Waals surface area contributed by atoms with E-state index in [2.05, 4.69) is 54.1 Å². The van der Waals surface area contributed by atoms with Gasteiger partial charge in [-0.05, 0) is 59.9 Å². The van der Waals surface area contributed by atoms with Crippen LogP contribution in [0.5, 0.6) is 0 Å². The molecule has 1 atom stereocenters. The molecule has 137 valence electrons. The summed E-state index contributed by atoms with van der Waals surface area (Å²) in [7, 11) is 0. The Bertz CT molecular complexity index is 763. The molecule has 1 aromatic carbocycles. The predicted molar refractivity (Wildman–Crippen MR) is 108 cm³/mol. The van der Waals surface area contributed by atoms with Crippen molar-refractivity contribution in [1.82, 2.24) is 15.3 Å². The van der Waals surface area contributed by atoms with Gasteiger partial charge in [0.1, 0.15) is 5.82 Å². The van der Waals surface area contributed by atoms with E-state index < -0.39 is 0 Å². The van der Waals surface area contributed by atoms with Crippen LogP contribution in [0, 0.1) is 6.92 Å². The lowest BCUT2D eigenvalue weighted by Gasteiger charge is -2.13. The molecule has 0 unspecified atom stereocenters. The number of carbonyl (C=O) groups is 1. The Morgan fingerprint density at radius 2 is 2.23 bits per heavy atom. The summed E-state index contributed by atoms with van der Waals surface area (Å²) >= 11 is 3.43. The van der Waals surface area contributed by atoms with Crippen LogP contribution in [-0.2, 0) is 4.79 Å². The van der Waals surface area contributed by atoms with Gasteiger partial charge in [0.15, 0.2) is 0 Å². The van der Waals surface area contributed by atoms with Crippen LogP contribution in [0.3, 0.4) is 0 Å². The number of hydrogen-bond acceptors (Lipinski definition) is 6. The van der Waals surface area contributed by atoms with Gasteiger partial charge in [-0.25, -0.2) is 4.98 Å². The highest BCUT2D eigenvalue weighted by Gasteiger charge is 2.21. The summed E-state index contributed by atoms with van der Waals surface area (Å²) in [5.41, 5.74) is 1.54. The summed E-state index contributed by atoms with van der Waals surface area (Å²) in [6.45, 7) is 5.43. The highest BCUT2D eigenvalue weighted by atomic mass is 79.9. The topological polar surface area (TPSA) is 91.0 Å². The quantitative estimate of drug-likeness (QED) is 0.552. The van der Waals surface area contributed by atoms with E-state index in [0.717, 1.165) is 48.2 Å². The summed E-state index contributed by atoms with van der Waals surface area (Å²) < 4.78 is 0.793. The van der Waals surface area contributed by atoms with Gasteiger partial charge in [0.2, 0.25) is 11.9 Å². The van der Waals surface area contributed by atoms with Gasteiger partial charge in [-0.1, -0.05) is 13.0 Å². The van der Waals surface area contributed by atoms with Crippen LogP contribution < -0.4 is 21.3 Å². The van der Waals surface area contributed by atoms with Crippen LogP contribution in [0.25, 0.3) is 0 Å². The molecule has 1 radical (unpaired) electrons. The molecule has 8 heteroatoms. The molecule has 1 saturated heterocycles. The fourth-order valence-electron chi connectivity index (χ4n) is 2.70. The van der Waals surface area contributed by atoms with Crippen molar-refractivity contribution in [2.24, 2.45) is 0 Å². The third kappa shape index (κ3) is 4.92. The lowest BCUT2D eigenvalue weighted by atomic mass is 10.2. The van der Waals surface area contributed by atoms with Gasteiger partial charge < -0.3 is 21.3 Å². The highest BCUT2D eigenvalue weighted by molar-refractivity contribution is 9.10. The summed E-state index contributed by atoms with van der Waals surface area (Å²) in [6.07, 6.45) is 4.36. The summed E-state index contributed by atoms with van der Waals surface area (Å²) in [4.78, 5) is 21.0. The molecule has 0 bridgehead atoms. The van der Waals surface area contributed by atoms with Crippen LogP contribution in [0.4, 0.5) is 23.1 Å². The summed E-state index contributed by atoms with van der Waals surface area (Å²) in [5, 5.41) is 12.5. The number of halogens is 1. The van der Waals surface area contributed by atoms with Gasteiger partial charge in [-0.3, -0.25) is 4.79 Å². The first-order valence-electron chi connectivity index (χ1n) is 8.62. The maximum atomic E-state index is 12.2. The monoisotopic (exact) mass is 417 g/mol. The third-order valence-corrected chi connectivity index (χ3v) is 4.56. The molecule has 3 rings (SSSR count). The van der Waals surface area contributed by atoms with Crippen LogP contribution in [0.15, 0.2) is 34.9 Å². The number of hydrogen-bond donors (Lipinski definition) is 4. The third-order valence-electron chi connectivity index (χ3n) is 3.98. The van der Waals surface area contributed by atoms with E-state index in [4.69, 9.17) is 0 Å². The first kappa shape index (κ1) is 18.6. The lowest BCUT2D eigenvalue weighted by Crippen LogP contribution is -2.35. The van der Waals surface area contributed by atoms with E-state index >= 15 is 0 Å². The second-order valence-corrected chi connectivity index (χ2v) is 6.87. The van der Waals surface area contributed by atoms with E-state index in [0.29, 0.717) is 11.8 Å². The van der Waals surface area contributed by atoms with Gasteiger partial charge >= 0.3 is 0 Å². The Labute approximate surface area is 161 Å². The van der Waals surface area contributed by atoms with Crippen LogP contribution in [0.1, 0.15) is 19.3 Å². The molecule has 0 saturated carbocycles. The molecule has 2 heterocycles. The molecular formula is C18H22BrN6O. The van der Waals surface area contributed by atoms with Gasteiger partial charge in [-0.2, -0.15) is 4.98 Å². The SMILES string of the molecule is [CH2]CCNc1nc(Nc2cccc(NC(=O)[C@@H]3CCCN3)c2)ncc1Br. The van der Waals surface area contributed by atoms with Crippen molar-refractivity contribution in [3.63, 3.8) is 0 Å². The molecule has 1 fully saturated rings. The van der Waals surface area contributed by atoms with Crippen LogP contribution in [-0.4, -0.2) is 35.0 Å². The summed E-state index contributed by atoms with van der Waals surface area (Å²) in [5.74, 6) is 1.18. The Balaban J connectivity index is 1.67. The minimum Gasteiger partial charge on any atom is -0.369 e. The predicted octanol–water partition coefficient (Wildman–Crippen LogP) is 3.31. The minimum atomic E-state index is -0.108. The number of anilines is 4. The van der Waals surface area contributed by atoms with Crippen LogP contribution >= 0.6 is 15.9 Å². The normalized spacial score (nSPS) is 16.3. The molecule has 0 spiro atoms. The average molecular weight is 418 g/mol. The second-order valence-electron chi connectivity index (χ2n) is 6.01. The Hall–Kier alpha value is -2.19. The Morgan fingerprint density at radius 1 is 1.38 bits per heavy atom. The van der Waals surface area contributed by atoms with Crippen molar-refractivity contribution >= 4 is 45.0 Å². The van der Waals surface area contributed by atoms with E-state index in [1.807, 2.05) is 24.3 Å². The number of amides is 1. The number of carbonyl (C=O) groups excluding carboxylic acids is 1. The minimum absolute atomic E-state index is 0.000738. The lowest BCUT2D eigenvalue weighted by molar-refractivity contribution is -0.117. The van der Waals surface area contributed by atoms with Gasteiger partial charge in [0.25, 0.3) is 0 Å². The first-order chi connectivity index (χ1) is 12.7. The zero-order valence-electron chi connectivity index (χ0n) is 14.4. The molecule has 1 aliphatic heterocycles. The standard InChI is InChI=1S/C18H22BrN6O/c1-2-8-21-16-14(19)11-22-18(25-16)24-13-6-3-5-12(10-13)23-17(26)15-7-4-9-20-15/h3,5-6,10-11,15,20H,1-2,4,7-9H2,(H,23,26)(H2,21,22,24,25)/t15-/m0/s1. The maximum absolute atomic E-state index is 12.2. The van der Waals surface area contributed by atoms with E-state index in [1.165, 1.54) is 0 Å². The molecule has 26 heavy (non-hydrogen) atoms. The van der Waals surface area contributed by atoms with E-state index in [-0.39, 0.29) is 11.9 Å². The van der Waals surface area contributed by atoms with Crippen molar-refractivity contribution < 1.29 is 4.79 Å². The highest BCUT2D eigenvalue weighted by Crippen LogP contribution is 2.23. The average Bonchev–Trinajstić information content (AvgIpc) is 3.17. The smallest absolute Gasteiger partial charge is 0.241 e. The van der Waals surface area contributed by atoms with Crippen molar-refractivity contribution in [3.8, 4) is 0 Å². The molecule has 2 aromatic rings.